The van der Waals surface area contributed by atoms with Crippen molar-refractivity contribution in [3.05, 3.63) is 17.0 Å². The fourth-order valence-corrected chi connectivity index (χ4v) is 3.37. The average Bonchev–Trinajstić information content (AvgIpc) is 2.86. The monoisotopic (exact) mass is 477 g/mol. The number of aromatic nitrogens is 2. The van der Waals surface area contributed by atoms with Gasteiger partial charge in [0.1, 0.15) is 0 Å². The van der Waals surface area contributed by atoms with Crippen LogP contribution in [0.5, 0.6) is 0 Å². The number of aliphatic imine (C=N–C) groups is 1. The third-order valence-electron chi connectivity index (χ3n) is 4.95. The Kier molecular flexibility index (Phi) is 9.38. The van der Waals surface area contributed by atoms with Crippen molar-refractivity contribution in [3.63, 3.8) is 0 Å². The number of aryl methyl sites for hydroxylation is 2. The van der Waals surface area contributed by atoms with Crippen molar-refractivity contribution in [1.82, 2.24) is 20.0 Å². The largest absolute Gasteiger partial charge is 0.469 e. The van der Waals surface area contributed by atoms with E-state index in [-0.39, 0.29) is 35.9 Å². The molecule has 1 N–H and O–H groups in total. The van der Waals surface area contributed by atoms with Gasteiger partial charge >= 0.3 is 5.97 Å². The van der Waals surface area contributed by atoms with Gasteiger partial charge in [0, 0.05) is 38.9 Å². The smallest absolute Gasteiger partial charge is 0.308 e. The van der Waals surface area contributed by atoms with Crippen molar-refractivity contribution in [2.24, 2.45) is 18.0 Å². The lowest BCUT2D eigenvalue weighted by atomic mass is 9.97. The van der Waals surface area contributed by atoms with Gasteiger partial charge in [0.2, 0.25) is 0 Å². The topological polar surface area (TPSA) is 71.8 Å². The Morgan fingerprint density at radius 2 is 2.00 bits per heavy atom. The molecule has 1 saturated heterocycles. The minimum atomic E-state index is -0.0934. The number of carbonyl (C=O) groups is 1. The first kappa shape index (κ1) is 22.7. The number of guanidine groups is 1. The van der Waals surface area contributed by atoms with E-state index in [1.807, 2.05) is 11.7 Å². The number of nitrogens with zero attached hydrogens (tertiary/aromatic N) is 4. The third-order valence-corrected chi connectivity index (χ3v) is 4.95. The standard InChI is InChI=1S/C18H31N5O2.HI/c1-6-19-18(23-11-8-15(9-12-23)17(24)25-5)20-10-7-16-13(2)21-22(4)14(16)3;/h15H,6-12H2,1-5H3,(H,19,20);1H. The van der Waals surface area contributed by atoms with E-state index in [0.717, 1.165) is 57.1 Å². The summed E-state index contributed by atoms with van der Waals surface area (Å²) in [5, 5.41) is 7.84. The first-order valence-electron chi connectivity index (χ1n) is 9.08. The summed E-state index contributed by atoms with van der Waals surface area (Å²) in [6, 6.07) is 0. The van der Waals surface area contributed by atoms with Crippen LogP contribution in [0.25, 0.3) is 0 Å². The van der Waals surface area contributed by atoms with Gasteiger partial charge in [-0.1, -0.05) is 0 Å². The predicted octanol–water partition coefficient (Wildman–Crippen LogP) is 2.05. The third kappa shape index (κ3) is 5.59. The average molecular weight is 477 g/mol. The number of hydrogen-bond donors (Lipinski definition) is 1. The van der Waals surface area contributed by atoms with Crippen LogP contribution in [0.1, 0.15) is 36.7 Å². The molecular formula is C18H32IN5O2. The van der Waals surface area contributed by atoms with Crippen LogP contribution in [0.15, 0.2) is 4.99 Å². The lowest BCUT2D eigenvalue weighted by Gasteiger charge is -2.33. The van der Waals surface area contributed by atoms with Crippen LogP contribution in [0, 0.1) is 19.8 Å². The first-order chi connectivity index (χ1) is 12.0. The van der Waals surface area contributed by atoms with Crippen LogP contribution in [0.3, 0.4) is 0 Å². The Hall–Kier alpha value is -1.32. The van der Waals surface area contributed by atoms with Crippen LogP contribution in [-0.4, -0.2) is 59.9 Å². The van der Waals surface area contributed by atoms with E-state index in [1.54, 1.807) is 0 Å². The van der Waals surface area contributed by atoms with Gasteiger partial charge in [0.25, 0.3) is 0 Å². The number of rotatable bonds is 5. The first-order valence-corrected chi connectivity index (χ1v) is 9.08. The summed E-state index contributed by atoms with van der Waals surface area (Å²) in [7, 11) is 3.44. The molecule has 1 aromatic heterocycles. The van der Waals surface area contributed by atoms with Crippen molar-refractivity contribution in [2.45, 2.75) is 40.0 Å². The van der Waals surface area contributed by atoms with Crippen molar-refractivity contribution in [1.29, 1.82) is 0 Å². The zero-order chi connectivity index (χ0) is 18.4. The summed E-state index contributed by atoms with van der Waals surface area (Å²) in [6.07, 6.45) is 2.52. The molecule has 2 rings (SSSR count). The van der Waals surface area contributed by atoms with Gasteiger partial charge in [-0.3, -0.25) is 14.5 Å². The van der Waals surface area contributed by atoms with Gasteiger partial charge in [-0.2, -0.15) is 5.10 Å². The fourth-order valence-electron chi connectivity index (χ4n) is 3.37. The Labute approximate surface area is 173 Å². The summed E-state index contributed by atoms with van der Waals surface area (Å²) in [6.45, 7) is 9.45. The Balaban J connectivity index is 0.00000338. The zero-order valence-corrected chi connectivity index (χ0v) is 18.9. The second kappa shape index (κ2) is 10.7. The van der Waals surface area contributed by atoms with E-state index in [1.165, 1.54) is 18.4 Å². The molecule has 0 radical (unpaired) electrons. The number of piperidine rings is 1. The molecule has 0 saturated carbocycles. The highest BCUT2D eigenvalue weighted by atomic mass is 127. The summed E-state index contributed by atoms with van der Waals surface area (Å²) >= 11 is 0. The molecule has 1 aliphatic heterocycles. The Morgan fingerprint density at radius 1 is 1.35 bits per heavy atom. The minimum Gasteiger partial charge on any atom is -0.469 e. The van der Waals surface area contributed by atoms with E-state index in [0.29, 0.717) is 0 Å². The van der Waals surface area contributed by atoms with Crippen LogP contribution in [-0.2, 0) is 23.0 Å². The molecule has 0 aliphatic carbocycles. The number of likely N-dealkylation sites (tertiary alicyclic amines) is 1. The fraction of sp³-hybridized carbons (Fsp3) is 0.722. The quantitative estimate of drug-likeness (QED) is 0.304. The lowest BCUT2D eigenvalue weighted by Crippen LogP contribution is -2.46. The molecule has 0 spiro atoms. The summed E-state index contributed by atoms with van der Waals surface area (Å²) < 4.78 is 6.79. The number of methoxy groups -OCH3 is 1. The Morgan fingerprint density at radius 3 is 2.50 bits per heavy atom. The van der Waals surface area contributed by atoms with Gasteiger partial charge in [-0.25, -0.2) is 0 Å². The molecule has 1 aliphatic rings. The maximum absolute atomic E-state index is 11.7. The van der Waals surface area contributed by atoms with Gasteiger partial charge < -0.3 is 15.0 Å². The number of ether oxygens (including phenoxy) is 1. The molecule has 26 heavy (non-hydrogen) atoms. The van der Waals surface area contributed by atoms with Crippen molar-refractivity contribution >= 4 is 35.9 Å². The molecule has 2 heterocycles. The van der Waals surface area contributed by atoms with Crippen molar-refractivity contribution in [2.75, 3.05) is 33.3 Å². The minimum absolute atomic E-state index is 0. The summed E-state index contributed by atoms with van der Waals surface area (Å²) in [4.78, 5) is 18.7. The van der Waals surface area contributed by atoms with Crippen LogP contribution in [0.2, 0.25) is 0 Å². The second-order valence-corrected chi connectivity index (χ2v) is 6.54. The Bertz CT molecular complexity index is 621. The van der Waals surface area contributed by atoms with Gasteiger partial charge in [0.05, 0.1) is 18.7 Å². The SMILES string of the molecule is CCNC(=NCCc1c(C)nn(C)c1C)N1CCC(C(=O)OC)CC1.I. The van der Waals surface area contributed by atoms with Crippen molar-refractivity contribution < 1.29 is 9.53 Å². The molecule has 8 heteroatoms. The van der Waals surface area contributed by atoms with Gasteiger partial charge in [-0.15, -0.1) is 24.0 Å². The predicted molar refractivity (Wildman–Crippen MR) is 114 cm³/mol. The van der Waals surface area contributed by atoms with Crippen molar-refractivity contribution in [3.8, 4) is 0 Å². The molecular weight excluding hydrogens is 445 g/mol. The molecule has 0 amide bonds. The van der Waals surface area contributed by atoms with Crippen LogP contribution >= 0.6 is 24.0 Å². The maximum Gasteiger partial charge on any atom is 0.308 e. The van der Waals surface area contributed by atoms with Gasteiger partial charge in [0.15, 0.2) is 5.96 Å². The normalized spacial score (nSPS) is 15.6. The highest BCUT2D eigenvalue weighted by molar-refractivity contribution is 14.0. The molecule has 0 bridgehead atoms. The second-order valence-electron chi connectivity index (χ2n) is 6.54. The molecule has 1 aromatic rings. The molecule has 1 fully saturated rings. The van der Waals surface area contributed by atoms with E-state index < -0.39 is 0 Å². The molecule has 0 aromatic carbocycles. The van der Waals surface area contributed by atoms with E-state index in [4.69, 9.17) is 9.73 Å². The van der Waals surface area contributed by atoms with E-state index >= 15 is 0 Å². The molecule has 7 nitrogen and oxygen atoms in total. The number of carbonyl (C=O) groups excluding carboxylic acids is 1. The highest BCUT2D eigenvalue weighted by Gasteiger charge is 2.26. The summed E-state index contributed by atoms with van der Waals surface area (Å²) in [5.41, 5.74) is 3.57. The maximum atomic E-state index is 11.7. The van der Waals surface area contributed by atoms with E-state index in [9.17, 15) is 4.79 Å². The number of esters is 1. The molecule has 0 atom stereocenters. The number of hydrogen-bond acceptors (Lipinski definition) is 4. The van der Waals surface area contributed by atoms with Crippen LogP contribution in [0.4, 0.5) is 0 Å². The molecule has 0 unspecified atom stereocenters. The molecule has 148 valence electrons. The van der Waals surface area contributed by atoms with E-state index in [2.05, 4.69) is 36.1 Å². The summed E-state index contributed by atoms with van der Waals surface area (Å²) in [5.74, 6) is 0.860. The zero-order valence-electron chi connectivity index (χ0n) is 16.5. The number of nitrogens with one attached hydrogen (secondary N) is 1. The van der Waals surface area contributed by atoms with Crippen LogP contribution < -0.4 is 5.32 Å². The number of halogens is 1. The highest BCUT2D eigenvalue weighted by Crippen LogP contribution is 2.18. The lowest BCUT2D eigenvalue weighted by molar-refractivity contribution is -0.146. The van der Waals surface area contributed by atoms with Gasteiger partial charge in [-0.05, 0) is 45.6 Å².